The van der Waals surface area contributed by atoms with Crippen LogP contribution in [0.1, 0.15) is 30.9 Å². The molecule has 15 nitrogen and oxygen atoms in total. The van der Waals surface area contributed by atoms with Crippen LogP contribution in [0, 0.1) is 6.92 Å². The number of hydrogen-bond donors (Lipinski definition) is 4. The van der Waals surface area contributed by atoms with Gasteiger partial charge >= 0.3 is 10.4 Å². The van der Waals surface area contributed by atoms with Gasteiger partial charge in [-0.1, -0.05) is 25.5 Å². The topological polar surface area (TPSA) is 240 Å². The maximum atomic E-state index is 12.3. The maximum absolute atomic E-state index is 12.3. The lowest BCUT2D eigenvalue weighted by Gasteiger charge is -2.13. The highest BCUT2D eigenvalue weighted by Crippen LogP contribution is 2.47. The summed E-state index contributed by atoms with van der Waals surface area (Å²) in [6.45, 7) is 2.79. The van der Waals surface area contributed by atoms with Crippen LogP contribution in [0.15, 0.2) is 90.9 Å². The van der Waals surface area contributed by atoms with Crippen LogP contribution in [-0.4, -0.2) is 48.5 Å². The van der Waals surface area contributed by atoms with E-state index < -0.39 is 55.4 Å². The number of aromatic hydroxyl groups is 1. The van der Waals surface area contributed by atoms with Crippen LogP contribution >= 0.6 is 0 Å². The molecule has 47 heavy (non-hydrogen) atoms. The Kier molecular flexibility index (Phi) is 11.5. The van der Waals surface area contributed by atoms with Crippen molar-refractivity contribution in [1.29, 1.82) is 0 Å². The van der Waals surface area contributed by atoms with Crippen molar-refractivity contribution in [2.75, 3.05) is 18.9 Å². The minimum absolute atomic E-state index is 0.0154. The first-order chi connectivity index (χ1) is 22.2. The summed E-state index contributed by atoms with van der Waals surface area (Å²) in [4.78, 5) is -0.491. The first-order valence-electron chi connectivity index (χ1n) is 13.9. The molecule has 0 aliphatic carbocycles. The number of benzene rings is 4. The largest absolute Gasteiger partial charge is 0.505 e. The Labute approximate surface area is 273 Å². The van der Waals surface area contributed by atoms with Crippen molar-refractivity contribution >= 4 is 70.8 Å². The fourth-order valence-electron chi connectivity index (χ4n) is 4.37. The molecule has 1 atom stereocenters. The van der Waals surface area contributed by atoms with E-state index in [1.807, 2.05) is 24.3 Å². The number of unbranched alkanes of at least 4 members (excludes halogenated alkanes) is 1. The third-order valence-corrected chi connectivity index (χ3v) is 9.01. The van der Waals surface area contributed by atoms with Crippen LogP contribution in [0.5, 0.6) is 5.75 Å². The average Bonchev–Trinajstić information content (AvgIpc) is 3.01. The van der Waals surface area contributed by atoms with Gasteiger partial charge in [0.1, 0.15) is 16.3 Å². The van der Waals surface area contributed by atoms with Gasteiger partial charge in [0, 0.05) is 0 Å². The van der Waals surface area contributed by atoms with Gasteiger partial charge in [-0.2, -0.15) is 27.1 Å². The van der Waals surface area contributed by atoms with Crippen molar-refractivity contribution in [3.8, 4) is 5.75 Å². The zero-order valence-corrected chi connectivity index (χ0v) is 27.5. The van der Waals surface area contributed by atoms with E-state index >= 15 is 0 Å². The standard InChI is InChI=1S/C29H31N5O10S3/c1-3-4-5-19-6-8-21(9-7-19)31-33-27-18(2)16-20-17-24(46(37,38)39)28(26(30)25(20)29(27)35)34-32-22-10-12-23(13-11-22)45(36)43-14-15-44-47(40,41)42/h6-13,16-17,35H,3-5,14-15,30H2,1-2H3,(H,37,38,39)(H,40,41,42). The van der Waals surface area contributed by atoms with Gasteiger partial charge in [-0.15, -0.1) is 10.2 Å². The molecule has 0 spiro atoms. The molecule has 5 N–H and O–H groups in total. The summed E-state index contributed by atoms with van der Waals surface area (Å²) >= 11 is -2.02. The number of phenolic OH excluding ortho intramolecular Hbond substituents is 1. The van der Waals surface area contributed by atoms with E-state index in [0.717, 1.165) is 25.3 Å². The number of nitrogens with two attached hydrogens (primary N) is 1. The number of aryl methyl sites for hydroxylation is 2. The predicted octanol–water partition coefficient (Wildman–Crippen LogP) is 6.71. The molecule has 4 rings (SSSR count). The molecular weight excluding hydrogens is 675 g/mol. The van der Waals surface area contributed by atoms with E-state index in [9.17, 15) is 30.7 Å². The van der Waals surface area contributed by atoms with Crippen LogP contribution in [0.25, 0.3) is 10.8 Å². The number of anilines is 1. The van der Waals surface area contributed by atoms with Gasteiger partial charge in [0.25, 0.3) is 10.1 Å². The average molecular weight is 706 g/mol. The van der Waals surface area contributed by atoms with E-state index in [0.29, 0.717) is 11.3 Å². The number of nitrogen functional groups attached to an aromatic ring is 1. The Balaban J connectivity index is 1.64. The van der Waals surface area contributed by atoms with E-state index in [1.165, 1.54) is 29.8 Å². The summed E-state index contributed by atoms with van der Waals surface area (Å²) < 4.78 is 85.6. The zero-order chi connectivity index (χ0) is 34.4. The number of hydrogen-bond acceptors (Lipinski definition) is 13. The number of fused-ring (bicyclic) bond motifs is 1. The molecule has 18 heteroatoms. The highest BCUT2D eigenvalue weighted by atomic mass is 32.3. The minimum atomic E-state index is -4.86. The van der Waals surface area contributed by atoms with E-state index in [-0.39, 0.29) is 38.5 Å². The van der Waals surface area contributed by atoms with Crippen molar-refractivity contribution in [2.45, 2.75) is 42.9 Å². The summed E-state index contributed by atoms with van der Waals surface area (Å²) in [7, 11) is -9.52. The third kappa shape index (κ3) is 9.44. The van der Waals surface area contributed by atoms with Gasteiger partial charge in [-0.25, -0.2) is 8.39 Å². The Hall–Kier alpha value is -4.17. The minimum Gasteiger partial charge on any atom is -0.505 e. The normalized spacial score (nSPS) is 13.2. The highest BCUT2D eigenvalue weighted by molar-refractivity contribution is 7.86. The van der Waals surface area contributed by atoms with E-state index in [4.69, 9.17) is 14.5 Å². The fourth-order valence-corrected chi connectivity index (χ4v) is 6.03. The SMILES string of the molecule is CCCCc1ccc(N=Nc2c(C)cc3cc(S(=O)(=O)O)c(N=Nc4ccc(S(=O)OCCOS(=O)(=O)O)cc4)c(N)c3c2O)cc1. The van der Waals surface area contributed by atoms with Gasteiger partial charge in [0.05, 0.1) is 40.6 Å². The van der Waals surface area contributed by atoms with Crippen LogP contribution in [0.4, 0.5) is 28.4 Å². The Bertz CT molecular complexity index is 2070. The molecule has 0 aliphatic rings. The van der Waals surface area contributed by atoms with Crippen molar-refractivity contribution in [3.05, 3.63) is 71.8 Å². The quantitative estimate of drug-likeness (QED) is 0.0465. The molecule has 1 unspecified atom stereocenters. The molecule has 0 aliphatic heterocycles. The van der Waals surface area contributed by atoms with Crippen LogP contribution in [0.3, 0.4) is 0 Å². The molecule has 0 radical (unpaired) electrons. The second-order valence-electron chi connectivity index (χ2n) is 10.1. The van der Waals surface area contributed by atoms with E-state index in [2.05, 4.69) is 31.6 Å². The molecule has 250 valence electrons. The Morgan fingerprint density at radius 3 is 2.02 bits per heavy atom. The lowest BCUT2D eigenvalue weighted by atomic mass is 10.0. The molecule has 0 fully saturated rings. The zero-order valence-electron chi connectivity index (χ0n) is 25.1. The molecular formula is C29H31N5O10S3. The van der Waals surface area contributed by atoms with Crippen LogP contribution in [-0.2, 0) is 46.4 Å². The molecule has 0 heterocycles. The summed E-state index contributed by atoms with van der Waals surface area (Å²) in [5.41, 5.74) is 8.02. The highest BCUT2D eigenvalue weighted by Gasteiger charge is 2.24. The van der Waals surface area contributed by atoms with Crippen LogP contribution in [0.2, 0.25) is 0 Å². The predicted molar refractivity (Wildman–Crippen MR) is 174 cm³/mol. The summed E-state index contributed by atoms with van der Waals surface area (Å²) in [5, 5.41) is 27.8. The van der Waals surface area contributed by atoms with Gasteiger partial charge in [0.2, 0.25) is 0 Å². The van der Waals surface area contributed by atoms with Crippen molar-refractivity contribution in [3.63, 3.8) is 0 Å². The van der Waals surface area contributed by atoms with Crippen molar-refractivity contribution in [1.82, 2.24) is 0 Å². The van der Waals surface area contributed by atoms with Crippen molar-refractivity contribution < 1.29 is 43.6 Å². The molecule has 0 saturated carbocycles. The van der Waals surface area contributed by atoms with Gasteiger partial charge in [-0.05, 0) is 84.8 Å². The monoisotopic (exact) mass is 705 g/mol. The Morgan fingerprint density at radius 2 is 1.45 bits per heavy atom. The lowest BCUT2D eigenvalue weighted by molar-refractivity contribution is 0.212. The van der Waals surface area contributed by atoms with Gasteiger partial charge in [0.15, 0.2) is 16.8 Å². The third-order valence-electron chi connectivity index (χ3n) is 6.64. The van der Waals surface area contributed by atoms with Gasteiger partial charge < -0.3 is 10.8 Å². The lowest BCUT2D eigenvalue weighted by Crippen LogP contribution is -2.11. The van der Waals surface area contributed by atoms with Gasteiger partial charge in [-0.3, -0.25) is 13.3 Å². The molecule has 0 bridgehead atoms. The number of nitrogens with zero attached hydrogens (tertiary/aromatic N) is 4. The summed E-state index contributed by atoms with van der Waals surface area (Å²) in [6.07, 6.45) is 3.10. The Morgan fingerprint density at radius 1 is 0.851 bits per heavy atom. The molecule has 0 aromatic heterocycles. The van der Waals surface area contributed by atoms with E-state index in [1.54, 1.807) is 13.0 Å². The first-order valence-corrected chi connectivity index (χ1v) is 17.8. The smallest absolute Gasteiger partial charge is 0.397 e. The number of phenols is 1. The second-order valence-corrected chi connectivity index (χ2v) is 13.7. The number of azo groups is 2. The maximum Gasteiger partial charge on any atom is 0.397 e. The molecule has 0 amide bonds. The summed E-state index contributed by atoms with van der Waals surface area (Å²) in [6, 6.07) is 15.6. The molecule has 0 saturated heterocycles. The fraction of sp³-hybridized carbons (Fsp3) is 0.241. The molecule has 4 aromatic carbocycles. The van der Waals surface area contributed by atoms with Crippen molar-refractivity contribution in [2.24, 2.45) is 20.5 Å². The summed E-state index contributed by atoms with van der Waals surface area (Å²) in [5.74, 6) is -0.382. The first kappa shape index (κ1) is 35.7. The molecule has 4 aromatic rings. The second kappa shape index (κ2) is 15.2. The van der Waals surface area contributed by atoms with Crippen LogP contribution < -0.4 is 5.73 Å². The number of rotatable bonds is 14.